The van der Waals surface area contributed by atoms with Crippen molar-refractivity contribution in [3.63, 3.8) is 0 Å². The van der Waals surface area contributed by atoms with Crippen LogP contribution in [0.25, 0.3) is 0 Å². The Hall–Kier alpha value is -5.12. The smallest absolute Gasteiger partial charge is 0.442 e. The Morgan fingerprint density at radius 3 is 1.64 bits per heavy atom. The van der Waals surface area contributed by atoms with Gasteiger partial charge in [0.1, 0.15) is 23.6 Å². The zero-order valence-corrected chi connectivity index (χ0v) is 37.3. The molecule has 4 aromatic carbocycles. The van der Waals surface area contributed by atoms with Crippen molar-refractivity contribution in [1.29, 1.82) is 0 Å². The number of carbonyl (C=O) groups excluding carboxylic acids is 3. The first kappa shape index (κ1) is 47.0. The van der Waals surface area contributed by atoms with Gasteiger partial charge in [0.15, 0.2) is 14.7 Å². The third-order valence-electron chi connectivity index (χ3n) is 15.0. The summed E-state index contributed by atoms with van der Waals surface area (Å²) in [6.07, 6.45) is -6.45. The van der Waals surface area contributed by atoms with Crippen molar-refractivity contribution in [1.82, 2.24) is 0 Å². The summed E-state index contributed by atoms with van der Waals surface area (Å²) in [5.41, 5.74) is -6.06. The van der Waals surface area contributed by atoms with Crippen molar-refractivity contribution < 1.29 is 68.5 Å². The van der Waals surface area contributed by atoms with Gasteiger partial charge in [-0.1, -0.05) is 73.7 Å². The molecule has 1 heterocycles. The number of hydrogen-bond acceptors (Lipinski definition) is 7. The lowest BCUT2D eigenvalue weighted by molar-refractivity contribution is -0.365. The number of esters is 3. The first-order valence-corrected chi connectivity index (χ1v) is 23.8. The molecule has 1 aliphatic heterocycles. The number of rotatable bonds is 11. The quantitative estimate of drug-likeness (QED) is 0.0640. The average molecular weight is 958 g/mol. The second-order valence-corrected chi connectivity index (χ2v) is 20.9. The molecule has 0 aromatic heterocycles. The third kappa shape index (κ3) is 8.26. The highest BCUT2D eigenvalue weighted by Crippen LogP contribution is 2.63. The average Bonchev–Trinajstić information content (AvgIpc) is 3.92. The molecule has 6 saturated carbocycles. The minimum atomic E-state index is -5.76. The highest BCUT2D eigenvalue weighted by molar-refractivity contribution is 7.97. The van der Waals surface area contributed by atoms with E-state index >= 15 is 0 Å². The summed E-state index contributed by atoms with van der Waals surface area (Å²) in [7, 11) is -0.616. The zero-order chi connectivity index (χ0) is 47.7. The molecule has 0 spiro atoms. The molecule has 356 valence electrons. The van der Waals surface area contributed by atoms with Crippen LogP contribution in [-0.4, -0.2) is 54.0 Å². The molecule has 6 unspecified atom stereocenters. The Bertz CT molecular complexity index is 2350. The van der Waals surface area contributed by atoms with Crippen LogP contribution in [0.3, 0.4) is 0 Å². The van der Waals surface area contributed by atoms with Gasteiger partial charge in [-0.25, -0.2) is 4.79 Å². The molecule has 4 aromatic rings. The number of benzene rings is 4. The molecule has 6 bridgehead atoms. The van der Waals surface area contributed by atoms with Gasteiger partial charge in [0.2, 0.25) is 0 Å². The van der Waals surface area contributed by atoms with Crippen LogP contribution >= 0.6 is 0 Å². The molecule has 6 atom stereocenters. The van der Waals surface area contributed by atoms with Crippen molar-refractivity contribution in [2.75, 3.05) is 0 Å². The maximum absolute atomic E-state index is 14.0. The summed E-state index contributed by atoms with van der Waals surface area (Å²) < 4.78 is 133. The molecule has 7 aliphatic rings. The van der Waals surface area contributed by atoms with E-state index in [0.29, 0.717) is 25.2 Å². The molecule has 7 fully saturated rings. The van der Waals surface area contributed by atoms with Gasteiger partial charge in [0.25, 0.3) is 0 Å². The normalized spacial score (nSPS) is 30.4. The largest absolute Gasteiger partial charge is 0.464 e. The van der Waals surface area contributed by atoms with E-state index in [1.54, 1.807) is 0 Å². The van der Waals surface area contributed by atoms with Crippen LogP contribution < -0.4 is 4.74 Å². The van der Waals surface area contributed by atoms with E-state index in [2.05, 4.69) is 6.92 Å². The van der Waals surface area contributed by atoms with Gasteiger partial charge in [-0.15, -0.1) is 0 Å². The molecule has 0 amide bonds. The van der Waals surface area contributed by atoms with E-state index in [4.69, 9.17) is 18.9 Å². The van der Waals surface area contributed by atoms with Crippen LogP contribution in [0, 0.1) is 47.3 Å². The van der Waals surface area contributed by atoms with Gasteiger partial charge < -0.3 is 18.9 Å². The highest BCUT2D eigenvalue weighted by Gasteiger charge is 2.75. The van der Waals surface area contributed by atoms with Gasteiger partial charge in [0.05, 0.1) is 22.7 Å². The third-order valence-corrected chi connectivity index (χ3v) is 17.3. The molecule has 16 heteroatoms. The molecule has 0 radical (unpaired) electrons. The maximum atomic E-state index is 14.0. The molecule has 1 saturated heterocycles. The lowest BCUT2D eigenvalue weighted by atomic mass is 9.49. The Morgan fingerprint density at radius 1 is 0.672 bits per heavy atom. The SMILES string of the molecule is CCC1(OC(=O)C2C3CC4C(OC(=O)C42)C3OC(=O)C(C)(F)F)C2CC3CC(C2)CC1C3.FC(F)(F)C(Oc1ccc([S+](c2ccccc2)c2ccccc2)cc1)(c1ccccc1)C(F)(F)F. The van der Waals surface area contributed by atoms with Crippen molar-refractivity contribution in [2.24, 2.45) is 47.3 Å². The van der Waals surface area contributed by atoms with Crippen LogP contribution in [0.4, 0.5) is 35.1 Å². The molecular weight excluding hydrogens is 909 g/mol. The Labute approximate surface area is 385 Å². The minimum Gasteiger partial charge on any atom is -0.464 e. The Kier molecular flexibility index (Phi) is 12.2. The minimum absolute atomic E-state index is 0.288. The van der Waals surface area contributed by atoms with Gasteiger partial charge in [-0.2, -0.15) is 35.1 Å². The summed E-state index contributed by atoms with van der Waals surface area (Å²) in [4.78, 5) is 40.8. The van der Waals surface area contributed by atoms with Crippen LogP contribution in [0.1, 0.15) is 64.4 Å². The molecule has 0 N–H and O–H groups in total. The fourth-order valence-corrected chi connectivity index (χ4v) is 14.5. The number of ether oxygens (including phenoxy) is 4. The molecule has 11 rings (SSSR count). The first-order valence-electron chi connectivity index (χ1n) is 22.6. The first-order chi connectivity index (χ1) is 31.8. The van der Waals surface area contributed by atoms with Crippen molar-refractivity contribution in [3.05, 3.63) is 121 Å². The van der Waals surface area contributed by atoms with E-state index < -0.39 is 99.6 Å². The van der Waals surface area contributed by atoms with Crippen LogP contribution in [0.15, 0.2) is 130 Å². The predicted molar refractivity (Wildman–Crippen MR) is 227 cm³/mol. The van der Waals surface area contributed by atoms with Gasteiger partial charge in [0, 0.05) is 24.3 Å². The van der Waals surface area contributed by atoms with Crippen molar-refractivity contribution in [3.8, 4) is 5.75 Å². The fourth-order valence-electron chi connectivity index (χ4n) is 12.4. The Balaban J connectivity index is 0.000000168. The van der Waals surface area contributed by atoms with E-state index in [9.17, 15) is 49.5 Å². The highest BCUT2D eigenvalue weighted by atomic mass is 32.2. The standard InChI is InChI=1S/C27H19F6OS.C24H30F2O6/c28-26(29,30)25(27(31,32)33,20-10-4-1-5-11-20)34-21-16-18-24(19-17-21)35(22-12-6-2-7-13-22)23-14-8-3-9-15-23;1-3-24(12-5-10-4-11(7-12)8-13(24)6-10)32-21(28)17-15-9-14-16(17)20(27)30-18(14)19(15)31-22(29)23(2,25)26/h1-19H;10-19H,3-9H2,1-2H3/q+1;. The molecule has 6 aliphatic carbocycles. The number of carbonyl (C=O) groups is 3. The number of alkyl halides is 8. The summed E-state index contributed by atoms with van der Waals surface area (Å²) in [5, 5.41) is 0. The number of fused-ring (bicyclic) bond motifs is 1. The van der Waals surface area contributed by atoms with Crippen LogP contribution in [-0.2, 0) is 45.1 Å². The topological polar surface area (TPSA) is 88.1 Å². The van der Waals surface area contributed by atoms with E-state index in [0.717, 1.165) is 95.0 Å². The fraction of sp³-hybridized carbons (Fsp3) is 0.471. The van der Waals surface area contributed by atoms with Gasteiger partial charge in [-0.3, -0.25) is 9.59 Å². The maximum Gasteiger partial charge on any atom is 0.442 e. The van der Waals surface area contributed by atoms with Crippen molar-refractivity contribution in [2.45, 2.75) is 115 Å². The molecule has 67 heavy (non-hydrogen) atoms. The molecular formula is C51H49F8O7S+. The van der Waals surface area contributed by atoms with E-state index in [-0.39, 0.29) is 5.92 Å². The van der Waals surface area contributed by atoms with Crippen LogP contribution in [0.2, 0.25) is 0 Å². The van der Waals surface area contributed by atoms with E-state index in [1.165, 1.54) is 24.6 Å². The summed E-state index contributed by atoms with van der Waals surface area (Å²) in [6.45, 7) is 2.55. The summed E-state index contributed by atoms with van der Waals surface area (Å²) in [5.74, 6) is -6.85. The van der Waals surface area contributed by atoms with Crippen molar-refractivity contribution >= 4 is 28.8 Å². The van der Waals surface area contributed by atoms with E-state index in [1.807, 2.05) is 60.7 Å². The zero-order valence-electron chi connectivity index (χ0n) is 36.5. The van der Waals surface area contributed by atoms with Gasteiger partial charge in [-0.05, 0) is 117 Å². The second-order valence-electron chi connectivity index (χ2n) is 18.9. The second kappa shape index (κ2) is 17.4. The lowest BCUT2D eigenvalue weighted by Crippen LogP contribution is -2.60. The van der Waals surface area contributed by atoms with Gasteiger partial charge >= 0.3 is 41.8 Å². The van der Waals surface area contributed by atoms with Crippen LogP contribution in [0.5, 0.6) is 5.75 Å². The Morgan fingerprint density at radius 2 is 1.16 bits per heavy atom. The monoisotopic (exact) mass is 957 g/mol. The lowest BCUT2D eigenvalue weighted by Gasteiger charge is -2.60. The summed E-state index contributed by atoms with van der Waals surface area (Å²) >= 11 is 0. The number of halogens is 8. The molecule has 7 nitrogen and oxygen atoms in total. The predicted octanol–water partition coefficient (Wildman–Crippen LogP) is 11.7. The summed E-state index contributed by atoms with van der Waals surface area (Å²) in [6, 6.07) is 29.3. The number of hydrogen-bond donors (Lipinski definition) is 0.